The van der Waals surface area contributed by atoms with Gasteiger partial charge in [-0.3, -0.25) is 0 Å². The van der Waals surface area contributed by atoms with E-state index in [1.54, 1.807) is 13.0 Å². The van der Waals surface area contributed by atoms with Gasteiger partial charge in [-0.25, -0.2) is 9.18 Å². The molecule has 86 valence electrons. The van der Waals surface area contributed by atoms with Crippen LogP contribution < -0.4 is 11.1 Å². The maximum absolute atomic E-state index is 13.0. The van der Waals surface area contributed by atoms with Crippen LogP contribution in [-0.2, 0) is 9.53 Å². The number of carbonyl (C=O) groups is 1. The monoisotopic (exact) mass is 224 g/mol. The summed E-state index contributed by atoms with van der Waals surface area (Å²) in [5.41, 5.74) is 7.16. The van der Waals surface area contributed by atoms with Crippen LogP contribution in [0.1, 0.15) is 18.5 Å². The van der Waals surface area contributed by atoms with Crippen molar-refractivity contribution in [3.05, 3.63) is 29.6 Å². The molecule has 0 bridgehead atoms. The summed E-state index contributed by atoms with van der Waals surface area (Å²) >= 11 is 0. The molecule has 0 fully saturated rings. The molecule has 0 radical (unpaired) electrons. The molecule has 0 aromatic heterocycles. The lowest BCUT2D eigenvalue weighted by Gasteiger charge is -2.14. The van der Waals surface area contributed by atoms with Crippen LogP contribution in [0.4, 0.5) is 10.1 Å². The van der Waals surface area contributed by atoms with Crippen LogP contribution in [0.25, 0.3) is 0 Å². The molecule has 2 atom stereocenters. The van der Waals surface area contributed by atoms with E-state index in [0.29, 0.717) is 17.9 Å². The molecule has 1 heterocycles. The van der Waals surface area contributed by atoms with Crippen molar-refractivity contribution in [2.75, 3.05) is 11.9 Å². The summed E-state index contributed by atoms with van der Waals surface area (Å²) in [5.74, 6) is -0.771. The number of anilines is 1. The second-order valence-electron chi connectivity index (χ2n) is 3.63. The molecule has 5 heteroatoms. The number of carbonyl (C=O) groups excluding carboxylic acids is 1. The van der Waals surface area contributed by atoms with Crippen LogP contribution in [0.5, 0.6) is 0 Å². The van der Waals surface area contributed by atoms with E-state index < -0.39 is 18.1 Å². The number of nitrogens with two attached hydrogens (primary N) is 1. The summed E-state index contributed by atoms with van der Waals surface area (Å²) < 4.78 is 17.9. The molecule has 0 saturated carbocycles. The van der Waals surface area contributed by atoms with Crippen molar-refractivity contribution in [1.82, 2.24) is 0 Å². The van der Waals surface area contributed by atoms with Gasteiger partial charge in [-0.1, -0.05) is 0 Å². The molecule has 2 rings (SSSR count). The summed E-state index contributed by atoms with van der Waals surface area (Å²) in [4.78, 5) is 11.6. The summed E-state index contributed by atoms with van der Waals surface area (Å²) in [5, 5.41) is 2.93. The zero-order valence-electron chi connectivity index (χ0n) is 8.87. The van der Waals surface area contributed by atoms with Gasteiger partial charge in [0.05, 0.1) is 12.6 Å². The lowest BCUT2D eigenvalue weighted by Crippen LogP contribution is -2.36. The number of hydrogen-bond acceptors (Lipinski definition) is 4. The van der Waals surface area contributed by atoms with Crippen LogP contribution >= 0.6 is 0 Å². The van der Waals surface area contributed by atoms with Gasteiger partial charge in [-0.15, -0.1) is 0 Å². The zero-order valence-corrected chi connectivity index (χ0v) is 8.87. The van der Waals surface area contributed by atoms with Gasteiger partial charge < -0.3 is 15.8 Å². The van der Waals surface area contributed by atoms with Crippen molar-refractivity contribution in [1.29, 1.82) is 0 Å². The molecule has 1 aliphatic heterocycles. The molecule has 1 aromatic rings. The second-order valence-corrected chi connectivity index (χ2v) is 3.63. The van der Waals surface area contributed by atoms with E-state index >= 15 is 0 Å². The summed E-state index contributed by atoms with van der Waals surface area (Å²) in [6, 6.07) is 3.05. The van der Waals surface area contributed by atoms with Crippen molar-refractivity contribution in [2.45, 2.75) is 19.0 Å². The lowest BCUT2D eigenvalue weighted by molar-refractivity contribution is -0.144. The highest BCUT2D eigenvalue weighted by Gasteiger charge is 2.35. The molecule has 0 spiro atoms. The normalized spacial score (nSPS) is 22.4. The van der Waals surface area contributed by atoms with Gasteiger partial charge in [0, 0.05) is 5.69 Å². The van der Waals surface area contributed by atoms with Gasteiger partial charge >= 0.3 is 5.97 Å². The van der Waals surface area contributed by atoms with Crippen molar-refractivity contribution in [2.24, 2.45) is 5.73 Å². The first kappa shape index (κ1) is 10.9. The maximum Gasteiger partial charge on any atom is 0.330 e. The predicted octanol–water partition coefficient (Wildman–Crippen LogP) is 1.18. The van der Waals surface area contributed by atoms with E-state index in [-0.39, 0.29) is 5.82 Å². The minimum atomic E-state index is -0.628. The number of fused-ring (bicyclic) bond motifs is 1. The Hall–Kier alpha value is -1.62. The highest BCUT2D eigenvalue weighted by Crippen LogP contribution is 2.33. The van der Waals surface area contributed by atoms with Crippen molar-refractivity contribution < 1.29 is 13.9 Å². The molecule has 0 amide bonds. The standard InChI is InChI=1S/C11H13FN2O2/c1-2-16-11(15)10-9(13)7-5-6(12)3-4-8(7)14-10/h3-5,9-10,14H,2,13H2,1H3. The highest BCUT2D eigenvalue weighted by atomic mass is 19.1. The van der Waals surface area contributed by atoms with Crippen molar-refractivity contribution in [3.63, 3.8) is 0 Å². The fourth-order valence-corrected chi connectivity index (χ4v) is 1.82. The Bertz CT molecular complexity index is 422. The quantitative estimate of drug-likeness (QED) is 0.740. The number of hydrogen-bond donors (Lipinski definition) is 2. The van der Waals surface area contributed by atoms with E-state index in [2.05, 4.69) is 5.32 Å². The molecule has 2 unspecified atom stereocenters. The third-order valence-electron chi connectivity index (χ3n) is 2.58. The second kappa shape index (κ2) is 4.09. The fraction of sp³-hybridized carbons (Fsp3) is 0.364. The minimum Gasteiger partial charge on any atom is -0.464 e. The molecule has 3 N–H and O–H groups in total. The summed E-state index contributed by atoms with van der Waals surface area (Å²) in [6.45, 7) is 2.03. The summed E-state index contributed by atoms with van der Waals surface area (Å²) in [7, 11) is 0. The van der Waals surface area contributed by atoms with Crippen molar-refractivity contribution >= 4 is 11.7 Å². The van der Waals surface area contributed by atoms with Crippen LogP contribution in [0.15, 0.2) is 18.2 Å². The Morgan fingerprint density at radius 2 is 2.38 bits per heavy atom. The molecule has 16 heavy (non-hydrogen) atoms. The van der Waals surface area contributed by atoms with Crippen molar-refractivity contribution in [3.8, 4) is 0 Å². The average molecular weight is 224 g/mol. The first-order chi connectivity index (χ1) is 7.63. The Morgan fingerprint density at radius 1 is 1.62 bits per heavy atom. The third-order valence-corrected chi connectivity index (χ3v) is 2.58. The van der Waals surface area contributed by atoms with Gasteiger partial charge in [-0.2, -0.15) is 0 Å². The van der Waals surface area contributed by atoms with Gasteiger partial charge in [0.1, 0.15) is 11.9 Å². The van der Waals surface area contributed by atoms with Gasteiger partial charge in [0.15, 0.2) is 0 Å². The van der Waals surface area contributed by atoms with E-state index in [4.69, 9.17) is 10.5 Å². The largest absolute Gasteiger partial charge is 0.464 e. The van der Waals surface area contributed by atoms with Gasteiger partial charge in [-0.05, 0) is 30.7 Å². The smallest absolute Gasteiger partial charge is 0.330 e. The van der Waals surface area contributed by atoms with E-state index in [9.17, 15) is 9.18 Å². The van der Waals surface area contributed by atoms with Crippen LogP contribution in [0.3, 0.4) is 0 Å². The third kappa shape index (κ3) is 1.74. The Labute approximate surface area is 92.6 Å². The molecule has 1 aliphatic rings. The fourth-order valence-electron chi connectivity index (χ4n) is 1.82. The predicted molar refractivity (Wildman–Crippen MR) is 57.4 cm³/mol. The van der Waals surface area contributed by atoms with Crippen LogP contribution in [0.2, 0.25) is 0 Å². The van der Waals surface area contributed by atoms with E-state index in [1.165, 1.54) is 12.1 Å². The molecule has 1 aromatic carbocycles. The maximum atomic E-state index is 13.0. The molecule has 0 aliphatic carbocycles. The number of rotatable bonds is 2. The Morgan fingerprint density at radius 3 is 3.06 bits per heavy atom. The number of nitrogens with one attached hydrogen (secondary N) is 1. The van der Waals surface area contributed by atoms with E-state index in [0.717, 1.165) is 0 Å². The number of halogens is 1. The van der Waals surface area contributed by atoms with Gasteiger partial charge in [0.2, 0.25) is 0 Å². The Balaban J connectivity index is 2.24. The zero-order chi connectivity index (χ0) is 11.7. The summed E-state index contributed by atoms with van der Waals surface area (Å²) in [6.07, 6.45) is 0. The first-order valence-corrected chi connectivity index (χ1v) is 5.11. The topological polar surface area (TPSA) is 64.3 Å². The van der Waals surface area contributed by atoms with Crippen LogP contribution in [0, 0.1) is 5.82 Å². The first-order valence-electron chi connectivity index (χ1n) is 5.11. The SMILES string of the molecule is CCOC(=O)C1Nc2ccc(F)cc2C1N. The number of esters is 1. The molecule has 0 saturated heterocycles. The highest BCUT2D eigenvalue weighted by molar-refractivity contribution is 5.84. The van der Waals surface area contributed by atoms with E-state index in [1.807, 2.05) is 0 Å². The van der Waals surface area contributed by atoms with Crippen LogP contribution in [-0.4, -0.2) is 18.6 Å². The number of benzene rings is 1. The average Bonchev–Trinajstić information content (AvgIpc) is 2.57. The minimum absolute atomic E-state index is 0.300. The van der Waals surface area contributed by atoms with Gasteiger partial charge in [0.25, 0.3) is 0 Å². The molecular formula is C11H13FN2O2. The Kier molecular flexibility index (Phi) is 2.78. The number of ether oxygens (including phenoxy) is 1. The molecular weight excluding hydrogens is 211 g/mol. The molecule has 4 nitrogen and oxygen atoms in total. The lowest BCUT2D eigenvalue weighted by atomic mass is 10.0.